The Balaban J connectivity index is 2.04. The van der Waals surface area contributed by atoms with E-state index in [-0.39, 0.29) is 0 Å². The van der Waals surface area contributed by atoms with Gasteiger partial charge in [-0.05, 0) is 67.6 Å². The van der Waals surface area contributed by atoms with Gasteiger partial charge in [0.15, 0.2) is 0 Å². The van der Waals surface area contributed by atoms with Crippen LogP contribution in [0.1, 0.15) is 85.5 Å². The average Bonchev–Trinajstić information content (AvgIpc) is 2.39. The predicted octanol–water partition coefficient (Wildman–Crippen LogP) is 6.06. The van der Waals surface area contributed by atoms with Crippen molar-refractivity contribution in [2.75, 3.05) is 0 Å². The predicted molar refractivity (Wildman–Crippen MR) is 80.6 cm³/mol. The topological polar surface area (TPSA) is 0 Å². The first-order chi connectivity index (χ1) is 8.56. The highest BCUT2D eigenvalue weighted by Gasteiger charge is 2.44. The number of rotatable bonds is 3. The van der Waals surface area contributed by atoms with Crippen molar-refractivity contribution in [3.05, 3.63) is 0 Å². The molecule has 2 fully saturated rings. The van der Waals surface area contributed by atoms with Gasteiger partial charge < -0.3 is 0 Å². The SMILES string of the molecule is CC(C)C1CCC(C(C)C)(C2CCCCC2)CC1. The summed E-state index contributed by atoms with van der Waals surface area (Å²) >= 11 is 0. The summed E-state index contributed by atoms with van der Waals surface area (Å²) in [7, 11) is 0. The standard InChI is InChI=1S/C18H34/c1-14(2)16-10-12-18(13-11-16,15(3)4)17-8-6-5-7-9-17/h14-17H,5-13H2,1-4H3. The Bertz CT molecular complexity index is 237. The second-order valence-corrected chi connectivity index (χ2v) is 7.80. The average molecular weight is 250 g/mol. The molecule has 0 amide bonds. The minimum atomic E-state index is 0.714. The Morgan fingerprint density at radius 3 is 1.78 bits per heavy atom. The summed E-state index contributed by atoms with van der Waals surface area (Å²) in [6, 6.07) is 0. The molecule has 0 bridgehead atoms. The van der Waals surface area contributed by atoms with Crippen LogP contribution in [-0.2, 0) is 0 Å². The van der Waals surface area contributed by atoms with Gasteiger partial charge in [0, 0.05) is 0 Å². The lowest BCUT2D eigenvalue weighted by Gasteiger charge is -2.50. The fourth-order valence-corrected chi connectivity index (χ4v) is 4.98. The summed E-state index contributed by atoms with van der Waals surface area (Å²) in [6.45, 7) is 9.86. The van der Waals surface area contributed by atoms with Crippen molar-refractivity contribution in [1.82, 2.24) is 0 Å². The highest BCUT2D eigenvalue weighted by Crippen LogP contribution is 2.54. The molecule has 0 aromatic carbocycles. The normalized spacial score (nSPS) is 35.3. The van der Waals surface area contributed by atoms with Crippen LogP contribution in [0.4, 0.5) is 0 Å². The van der Waals surface area contributed by atoms with E-state index < -0.39 is 0 Å². The van der Waals surface area contributed by atoms with E-state index in [9.17, 15) is 0 Å². The van der Waals surface area contributed by atoms with Crippen LogP contribution in [0, 0.1) is 29.1 Å². The van der Waals surface area contributed by atoms with Crippen molar-refractivity contribution in [2.45, 2.75) is 85.5 Å². The van der Waals surface area contributed by atoms with Crippen LogP contribution in [0.25, 0.3) is 0 Å². The molecule has 106 valence electrons. The van der Waals surface area contributed by atoms with E-state index in [1.54, 1.807) is 0 Å². The third-order valence-electron chi connectivity index (χ3n) is 6.47. The van der Waals surface area contributed by atoms with E-state index in [0.29, 0.717) is 5.41 Å². The van der Waals surface area contributed by atoms with Gasteiger partial charge in [-0.2, -0.15) is 0 Å². The largest absolute Gasteiger partial charge is 0.0625 e. The Morgan fingerprint density at radius 1 is 0.778 bits per heavy atom. The number of hydrogen-bond acceptors (Lipinski definition) is 0. The molecule has 18 heavy (non-hydrogen) atoms. The van der Waals surface area contributed by atoms with Gasteiger partial charge in [0.05, 0.1) is 0 Å². The van der Waals surface area contributed by atoms with E-state index in [1.165, 1.54) is 57.8 Å². The summed E-state index contributed by atoms with van der Waals surface area (Å²) in [6.07, 6.45) is 13.6. The minimum Gasteiger partial charge on any atom is -0.0625 e. The molecule has 0 heterocycles. The monoisotopic (exact) mass is 250 g/mol. The highest BCUT2D eigenvalue weighted by atomic mass is 14.5. The van der Waals surface area contributed by atoms with Gasteiger partial charge in [0.1, 0.15) is 0 Å². The van der Waals surface area contributed by atoms with Crippen molar-refractivity contribution < 1.29 is 0 Å². The quantitative estimate of drug-likeness (QED) is 0.571. The smallest absolute Gasteiger partial charge is 0.0246 e. The molecule has 0 atom stereocenters. The van der Waals surface area contributed by atoms with Crippen LogP contribution in [0.15, 0.2) is 0 Å². The molecule has 2 aliphatic carbocycles. The zero-order chi connectivity index (χ0) is 13.2. The fourth-order valence-electron chi connectivity index (χ4n) is 4.98. The molecule has 2 saturated carbocycles. The lowest BCUT2D eigenvalue weighted by atomic mass is 9.55. The van der Waals surface area contributed by atoms with Crippen molar-refractivity contribution in [3.8, 4) is 0 Å². The van der Waals surface area contributed by atoms with Crippen LogP contribution >= 0.6 is 0 Å². The lowest BCUT2D eigenvalue weighted by Crippen LogP contribution is -2.41. The first-order valence-corrected chi connectivity index (χ1v) is 8.56. The molecule has 0 saturated heterocycles. The van der Waals surface area contributed by atoms with Gasteiger partial charge >= 0.3 is 0 Å². The molecule has 0 aromatic rings. The molecule has 0 spiro atoms. The van der Waals surface area contributed by atoms with Gasteiger partial charge in [-0.3, -0.25) is 0 Å². The molecular weight excluding hydrogens is 216 g/mol. The minimum absolute atomic E-state index is 0.714. The Morgan fingerprint density at radius 2 is 1.33 bits per heavy atom. The molecule has 0 heteroatoms. The lowest BCUT2D eigenvalue weighted by molar-refractivity contribution is -0.00280. The zero-order valence-electron chi connectivity index (χ0n) is 13.2. The van der Waals surface area contributed by atoms with Crippen LogP contribution in [0.2, 0.25) is 0 Å². The van der Waals surface area contributed by atoms with Crippen LogP contribution in [0.3, 0.4) is 0 Å². The fraction of sp³-hybridized carbons (Fsp3) is 1.00. The maximum absolute atomic E-state index is 2.50. The van der Waals surface area contributed by atoms with Crippen molar-refractivity contribution >= 4 is 0 Å². The summed E-state index contributed by atoms with van der Waals surface area (Å²) in [5, 5.41) is 0. The van der Waals surface area contributed by atoms with Crippen molar-refractivity contribution in [1.29, 1.82) is 0 Å². The molecule has 0 nitrogen and oxygen atoms in total. The van der Waals surface area contributed by atoms with Crippen LogP contribution in [0.5, 0.6) is 0 Å². The summed E-state index contributed by atoms with van der Waals surface area (Å²) < 4.78 is 0. The van der Waals surface area contributed by atoms with Gasteiger partial charge in [-0.1, -0.05) is 47.0 Å². The molecule has 2 aliphatic rings. The highest BCUT2D eigenvalue weighted by molar-refractivity contribution is 4.94. The molecule has 0 unspecified atom stereocenters. The van der Waals surface area contributed by atoms with Gasteiger partial charge in [0.25, 0.3) is 0 Å². The molecule has 0 aromatic heterocycles. The maximum atomic E-state index is 2.50. The second kappa shape index (κ2) is 5.97. The van der Waals surface area contributed by atoms with Crippen LogP contribution < -0.4 is 0 Å². The van der Waals surface area contributed by atoms with Gasteiger partial charge in [-0.15, -0.1) is 0 Å². The van der Waals surface area contributed by atoms with E-state index in [2.05, 4.69) is 27.7 Å². The Labute approximate surface area is 115 Å². The Hall–Kier alpha value is 0. The van der Waals surface area contributed by atoms with E-state index in [1.807, 2.05) is 0 Å². The molecular formula is C18H34. The van der Waals surface area contributed by atoms with Gasteiger partial charge in [0.2, 0.25) is 0 Å². The third-order valence-corrected chi connectivity index (χ3v) is 6.47. The zero-order valence-corrected chi connectivity index (χ0v) is 13.2. The second-order valence-electron chi connectivity index (χ2n) is 7.80. The van der Waals surface area contributed by atoms with E-state index in [4.69, 9.17) is 0 Å². The van der Waals surface area contributed by atoms with Crippen LogP contribution in [-0.4, -0.2) is 0 Å². The van der Waals surface area contributed by atoms with E-state index in [0.717, 1.165) is 23.7 Å². The first-order valence-electron chi connectivity index (χ1n) is 8.56. The van der Waals surface area contributed by atoms with Crippen molar-refractivity contribution in [2.24, 2.45) is 29.1 Å². The summed E-state index contributed by atoms with van der Waals surface area (Å²) in [5.74, 6) is 3.87. The molecule has 0 aliphatic heterocycles. The Kier molecular flexibility index (Phi) is 4.78. The first kappa shape index (κ1) is 14.4. The number of hydrogen-bond donors (Lipinski definition) is 0. The van der Waals surface area contributed by atoms with Gasteiger partial charge in [-0.25, -0.2) is 0 Å². The molecule has 0 radical (unpaired) electrons. The third kappa shape index (κ3) is 2.78. The molecule has 2 rings (SSSR count). The maximum Gasteiger partial charge on any atom is -0.0246 e. The summed E-state index contributed by atoms with van der Waals surface area (Å²) in [4.78, 5) is 0. The van der Waals surface area contributed by atoms with Crippen molar-refractivity contribution in [3.63, 3.8) is 0 Å². The molecule has 0 N–H and O–H groups in total. The summed E-state index contributed by atoms with van der Waals surface area (Å²) in [5.41, 5.74) is 0.714. The van der Waals surface area contributed by atoms with E-state index >= 15 is 0 Å².